The summed E-state index contributed by atoms with van der Waals surface area (Å²) in [6.07, 6.45) is 10.9. The Kier molecular flexibility index (Phi) is 13.5. The first-order valence-corrected chi connectivity index (χ1v) is 13.1. The van der Waals surface area contributed by atoms with Crippen molar-refractivity contribution < 1.29 is 58.5 Å². The topological polar surface area (TPSA) is 18.5 Å². The molecule has 0 heterocycles. The van der Waals surface area contributed by atoms with Crippen LogP contribution in [-0.2, 0) is 30.7 Å². The Hall–Kier alpha value is -2.71. The van der Waals surface area contributed by atoms with Crippen LogP contribution in [0.15, 0.2) is 109 Å². The number of hydrogen-bond acceptors (Lipinski definition) is 2. The molecule has 0 radical (unpaired) electrons. The fourth-order valence-corrected chi connectivity index (χ4v) is 4.86. The molecule has 0 saturated heterocycles. The zero-order chi connectivity index (χ0) is 25.2. The van der Waals surface area contributed by atoms with Crippen LogP contribution >= 0.6 is 0 Å². The molecular weight excluding hydrogens is 590 g/mol. The summed E-state index contributed by atoms with van der Waals surface area (Å²) in [6, 6.07) is 34.7. The van der Waals surface area contributed by atoms with E-state index in [9.17, 15) is 0 Å². The molecule has 0 amide bonds. The number of hydrogen-bond donors (Lipinski definition) is 0. The van der Waals surface area contributed by atoms with Gasteiger partial charge in [0.2, 0.25) is 0 Å². The van der Waals surface area contributed by atoms with Gasteiger partial charge in [-0.15, -0.1) is 29.7 Å². The Morgan fingerprint density at radius 1 is 0.763 bits per heavy atom. The molecule has 0 aromatic heterocycles. The molecule has 0 bridgehead atoms. The molecule has 0 fully saturated rings. The number of fused-ring (bicyclic) bond motifs is 3. The second-order valence-electron chi connectivity index (χ2n) is 8.23. The molecule has 0 saturated carbocycles. The van der Waals surface area contributed by atoms with Crippen LogP contribution in [0.5, 0.6) is 11.5 Å². The van der Waals surface area contributed by atoms with Crippen LogP contribution < -0.4 is 34.3 Å². The summed E-state index contributed by atoms with van der Waals surface area (Å²) in [5.74, 6) is 1.70. The van der Waals surface area contributed by atoms with Gasteiger partial charge in [0.1, 0.15) is 5.75 Å². The molecular formula is C33H28Cl2O2Zr-2. The van der Waals surface area contributed by atoms with Crippen LogP contribution in [0.2, 0.25) is 0 Å². The predicted octanol–water partition coefficient (Wildman–Crippen LogP) is 1.19. The summed E-state index contributed by atoms with van der Waals surface area (Å²) in [4.78, 5) is 0. The number of halogens is 2. The maximum absolute atomic E-state index is 5.25. The Morgan fingerprint density at radius 2 is 1.39 bits per heavy atom. The zero-order valence-electron chi connectivity index (χ0n) is 21.4. The molecule has 2 aliphatic carbocycles. The normalized spacial score (nSPS) is 11.3. The fraction of sp³-hybridized carbons (Fsp3) is 0.121. The quantitative estimate of drug-likeness (QED) is 0.282. The molecule has 192 valence electrons. The molecule has 6 rings (SSSR count). The molecule has 2 nitrogen and oxygen atoms in total. The van der Waals surface area contributed by atoms with E-state index in [0.29, 0.717) is 0 Å². The number of methoxy groups -OCH3 is 2. The van der Waals surface area contributed by atoms with Crippen LogP contribution in [0.3, 0.4) is 0 Å². The van der Waals surface area contributed by atoms with Gasteiger partial charge in [-0.1, -0.05) is 11.6 Å². The third-order valence-corrected chi connectivity index (χ3v) is 7.32. The van der Waals surface area contributed by atoms with Gasteiger partial charge in [0.05, 0.1) is 14.2 Å². The van der Waals surface area contributed by atoms with Gasteiger partial charge in [-0.25, -0.2) is 12.2 Å². The van der Waals surface area contributed by atoms with Crippen LogP contribution in [0, 0.1) is 12.1 Å². The van der Waals surface area contributed by atoms with Crippen molar-refractivity contribution >= 4 is 3.21 Å². The molecule has 0 unspecified atom stereocenters. The maximum atomic E-state index is 5.25. The molecule has 5 heteroatoms. The van der Waals surface area contributed by atoms with E-state index >= 15 is 0 Å². The molecule has 0 aliphatic heterocycles. The Bertz CT molecular complexity index is 1260. The van der Waals surface area contributed by atoms with E-state index in [2.05, 4.69) is 97.1 Å². The first-order valence-electron chi connectivity index (χ1n) is 11.9. The SMILES string of the molecule is COc1[c-]c2c(cc1)-c1ccc(OC)cc1C2.[C-]1=CC=CC1.[Cl-].[Cl-].[Zr+2]=[C](c1ccccc1)c1ccccc1. The van der Waals surface area contributed by atoms with Gasteiger partial charge < -0.3 is 34.3 Å². The van der Waals surface area contributed by atoms with Gasteiger partial charge >= 0.3 is 99.2 Å². The minimum atomic E-state index is 0. The van der Waals surface area contributed by atoms with Crippen molar-refractivity contribution in [2.45, 2.75) is 12.8 Å². The third-order valence-electron chi connectivity index (χ3n) is 5.90. The second kappa shape index (κ2) is 16.3. The van der Waals surface area contributed by atoms with E-state index < -0.39 is 0 Å². The standard InChI is InChI=1S/C15H13O2.C13H10.C5H5.2ClH.Zr/c1-16-12-3-5-14-10(8-12)7-11-9-13(17-2)4-6-15(11)14;1-3-7-12(8-4-1)11-13-9-5-2-6-10-13;1-2-4-5-3-1;;;/h3-6,8H,7H2,1-2H3;1-10H;1-3H,4H2;2*1H;/q-1;;-1;;;+2/p-2. The minimum absolute atomic E-state index is 0. The number of rotatable bonds is 4. The van der Waals surface area contributed by atoms with Crippen molar-refractivity contribution in [3.63, 3.8) is 0 Å². The Labute approximate surface area is 253 Å². The summed E-state index contributed by atoms with van der Waals surface area (Å²) in [5, 5.41) is 0. The first kappa shape index (κ1) is 31.5. The van der Waals surface area contributed by atoms with E-state index in [1.807, 2.05) is 24.3 Å². The summed E-state index contributed by atoms with van der Waals surface area (Å²) >= 11 is 1.46. The molecule has 38 heavy (non-hydrogen) atoms. The Balaban J connectivity index is 0.000000219. The monoisotopic (exact) mass is 616 g/mol. The number of allylic oxidation sites excluding steroid dienone is 4. The Morgan fingerprint density at radius 3 is 1.89 bits per heavy atom. The molecule has 0 N–H and O–H groups in total. The van der Waals surface area contributed by atoms with Crippen molar-refractivity contribution in [3.05, 3.63) is 144 Å². The summed E-state index contributed by atoms with van der Waals surface area (Å²) < 4.78 is 11.9. The average molecular weight is 619 g/mol. The summed E-state index contributed by atoms with van der Waals surface area (Å²) in [6.45, 7) is 0. The van der Waals surface area contributed by atoms with Crippen molar-refractivity contribution in [3.8, 4) is 22.6 Å². The van der Waals surface area contributed by atoms with Crippen LogP contribution in [0.4, 0.5) is 0 Å². The predicted molar refractivity (Wildman–Crippen MR) is 144 cm³/mol. The summed E-state index contributed by atoms with van der Waals surface area (Å²) in [7, 11) is 3.36. The molecule has 0 atom stereocenters. The molecule has 0 spiro atoms. The zero-order valence-corrected chi connectivity index (χ0v) is 25.3. The van der Waals surface area contributed by atoms with Crippen molar-refractivity contribution in [1.82, 2.24) is 0 Å². The molecule has 4 aromatic carbocycles. The molecule has 2 aliphatic rings. The van der Waals surface area contributed by atoms with Gasteiger partial charge in [-0.05, 0) is 24.1 Å². The van der Waals surface area contributed by atoms with E-state index in [0.717, 1.165) is 24.3 Å². The summed E-state index contributed by atoms with van der Waals surface area (Å²) in [5.41, 5.74) is 7.69. The van der Waals surface area contributed by atoms with Gasteiger partial charge in [0, 0.05) is 5.75 Å². The van der Waals surface area contributed by atoms with E-state index in [-0.39, 0.29) is 24.8 Å². The van der Waals surface area contributed by atoms with Gasteiger partial charge in [-0.2, -0.15) is 12.1 Å². The van der Waals surface area contributed by atoms with Crippen LogP contribution in [0.1, 0.15) is 28.7 Å². The first-order chi connectivity index (χ1) is 17.7. The average Bonchev–Trinajstić information content (AvgIpc) is 3.65. The second-order valence-corrected chi connectivity index (χ2v) is 9.46. The number of ether oxygens (including phenoxy) is 2. The van der Waals surface area contributed by atoms with Crippen LogP contribution in [-0.4, -0.2) is 17.4 Å². The third kappa shape index (κ3) is 8.40. The van der Waals surface area contributed by atoms with Crippen molar-refractivity contribution in [1.29, 1.82) is 0 Å². The molecule has 4 aromatic rings. The van der Waals surface area contributed by atoms with Gasteiger partial charge in [0.15, 0.2) is 0 Å². The fourth-order valence-electron chi connectivity index (χ4n) is 4.04. The van der Waals surface area contributed by atoms with Gasteiger partial charge in [-0.3, -0.25) is 6.08 Å². The van der Waals surface area contributed by atoms with Crippen molar-refractivity contribution in [2.24, 2.45) is 0 Å². The number of benzene rings is 4. The van der Waals surface area contributed by atoms with Crippen LogP contribution in [0.25, 0.3) is 11.1 Å². The van der Waals surface area contributed by atoms with E-state index in [4.69, 9.17) is 9.47 Å². The van der Waals surface area contributed by atoms with Crippen molar-refractivity contribution in [2.75, 3.05) is 14.2 Å². The van der Waals surface area contributed by atoms with Gasteiger partial charge in [0.25, 0.3) is 0 Å². The van der Waals surface area contributed by atoms with E-state index in [1.54, 1.807) is 14.2 Å². The van der Waals surface area contributed by atoms with E-state index in [1.165, 1.54) is 60.8 Å².